The SMILES string of the molecule is CO[C@H]1CCCCC[C@H]1NS(=O)(=O)N1CCCCCC1. The third kappa shape index (κ3) is 4.41. The third-order valence-corrected chi connectivity index (χ3v) is 6.11. The van der Waals surface area contributed by atoms with Crippen molar-refractivity contribution in [3.63, 3.8) is 0 Å². The zero-order chi connectivity index (χ0) is 14.4. The van der Waals surface area contributed by atoms with Crippen molar-refractivity contribution in [2.45, 2.75) is 69.9 Å². The number of rotatable bonds is 4. The summed E-state index contributed by atoms with van der Waals surface area (Å²) in [5, 5.41) is 0. The molecular weight excluding hydrogens is 276 g/mol. The van der Waals surface area contributed by atoms with Crippen molar-refractivity contribution in [3.05, 3.63) is 0 Å². The van der Waals surface area contributed by atoms with Gasteiger partial charge in [-0.05, 0) is 25.7 Å². The molecule has 2 fully saturated rings. The van der Waals surface area contributed by atoms with Gasteiger partial charge < -0.3 is 4.74 Å². The summed E-state index contributed by atoms with van der Waals surface area (Å²) in [6.45, 7) is 1.30. The second kappa shape index (κ2) is 7.73. The van der Waals surface area contributed by atoms with Gasteiger partial charge >= 0.3 is 0 Å². The monoisotopic (exact) mass is 304 g/mol. The molecule has 0 spiro atoms. The summed E-state index contributed by atoms with van der Waals surface area (Å²) in [4.78, 5) is 0. The van der Waals surface area contributed by atoms with Gasteiger partial charge in [-0.3, -0.25) is 0 Å². The highest BCUT2D eigenvalue weighted by Gasteiger charge is 2.31. The van der Waals surface area contributed by atoms with Crippen LogP contribution in [0.5, 0.6) is 0 Å². The molecule has 0 bridgehead atoms. The number of nitrogens with zero attached hydrogens (tertiary/aromatic N) is 1. The van der Waals surface area contributed by atoms with E-state index in [1.807, 2.05) is 0 Å². The maximum absolute atomic E-state index is 12.5. The second-order valence-electron chi connectivity index (χ2n) is 5.95. The van der Waals surface area contributed by atoms with E-state index in [-0.39, 0.29) is 12.1 Å². The van der Waals surface area contributed by atoms with Gasteiger partial charge in [-0.15, -0.1) is 0 Å². The molecule has 0 amide bonds. The standard InChI is InChI=1S/C14H28N2O3S/c1-19-14-10-6-4-5-9-13(14)15-20(17,18)16-11-7-2-3-8-12-16/h13-15H,2-12H2,1H3/t13-,14+/m1/s1. The van der Waals surface area contributed by atoms with Crippen LogP contribution < -0.4 is 4.72 Å². The molecule has 1 saturated heterocycles. The third-order valence-electron chi connectivity index (χ3n) is 4.46. The van der Waals surface area contributed by atoms with Gasteiger partial charge in [-0.25, -0.2) is 0 Å². The highest BCUT2D eigenvalue weighted by molar-refractivity contribution is 7.87. The lowest BCUT2D eigenvalue weighted by atomic mass is 10.1. The van der Waals surface area contributed by atoms with Gasteiger partial charge in [0.15, 0.2) is 0 Å². The number of methoxy groups -OCH3 is 1. The van der Waals surface area contributed by atoms with Crippen molar-refractivity contribution in [2.24, 2.45) is 0 Å². The molecular formula is C14H28N2O3S. The average molecular weight is 304 g/mol. The Morgan fingerprint density at radius 2 is 1.55 bits per heavy atom. The van der Waals surface area contributed by atoms with Crippen molar-refractivity contribution in [3.8, 4) is 0 Å². The van der Waals surface area contributed by atoms with Crippen molar-refractivity contribution in [1.82, 2.24) is 9.03 Å². The van der Waals surface area contributed by atoms with Crippen LogP contribution in [0.4, 0.5) is 0 Å². The van der Waals surface area contributed by atoms with Crippen LogP contribution in [0.1, 0.15) is 57.8 Å². The fourth-order valence-corrected chi connectivity index (χ4v) is 4.78. The molecule has 1 N–H and O–H groups in total. The Hall–Kier alpha value is -0.170. The predicted octanol–water partition coefficient (Wildman–Crippen LogP) is 2.04. The molecule has 2 rings (SSSR count). The highest BCUT2D eigenvalue weighted by Crippen LogP contribution is 2.22. The van der Waals surface area contributed by atoms with Crippen LogP contribution in [0.2, 0.25) is 0 Å². The number of ether oxygens (including phenoxy) is 1. The van der Waals surface area contributed by atoms with Gasteiger partial charge in [-0.2, -0.15) is 17.4 Å². The topological polar surface area (TPSA) is 58.6 Å². The van der Waals surface area contributed by atoms with E-state index in [2.05, 4.69) is 4.72 Å². The summed E-state index contributed by atoms with van der Waals surface area (Å²) in [6.07, 6.45) is 9.43. The summed E-state index contributed by atoms with van der Waals surface area (Å²) in [5.41, 5.74) is 0. The molecule has 5 nitrogen and oxygen atoms in total. The van der Waals surface area contributed by atoms with Crippen LogP contribution in [0, 0.1) is 0 Å². The van der Waals surface area contributed by atoms with Crippen molar-refractivity contribution < 1.29 is 13.2 Å². The number of nitrogens with one attached hydrogen (secondary N) is 1. The van der Waals surface area contributed by atoms with E-state index >= 15 is 0 Å². The summed E-state index contributed by atoms with van der Waals surface area (Å²) >= 11 is 0. The van der Waals surface area contributed by atoms with Crippen molar-refractivity contribution in [2.75, 3.05) is 20.2 Å². The first kappa shape index (κ1) is 16.2. The lowest BCUT2D eigenvalue weighted by Crippen LogP contribution is -2.50. The lowest BCUT2D eigenvalue weighted by Gasteiger charge is -2.28. The Morgan fingerprint density at radius 3 is 2.20 bits per heavy atom. The van der Waals surface area contributed by atoms with Crippen LogP contribution in [0.25, 0.3) is 0 Å². The van der Waals surface area contributed by atoms with Gasteiger partial charge in [-0.1, -0.05) is 32.1 Å². The van der Waals surface area contributed by atoms with E-state index in [0.29, 0.717) is 13.1 Å². The predicted molar refractivity (Wildman–Crippen MR) is 79.8 cm³/mol. The van der Waals surface area contributed by atoms with Gasteiger partial charge in [0.1, 0.15) is 0 Å². The molecule has 0 aromatic carbocycles. The number of hydrogen-bond donors (Lipinski definition) is 1. The minimum Gasteiger partial charge on any atom is -0.380 e. The molecule has 0 aromatic rings. The Morgan fingerprint density at radius 1 is 0.950 bits per heavy atom. The van der Waals surface area contributed by atoms with Gasteiger partial charge in [0, 0.05) is 26.2 Å². The van der Waals surface area contributed by atoms with E-state index in [1.165, 1.54) is 6.42 Å². The first-order chi connectivity index (χ1) is 9.63. The minimum absolute atomic E-state index is 0.0132. The van der Waals surface area contributed by atoms with Crippen LogP contribution in [0.3, 0.4) is 0 Å². The Bertz CT molecular complexity index is 378. The maximum atomic E-state index is 12.5. The average Bonchev–Trinajstić information content (AvgIpc) is 2.80. The first-order valence-corrected chi connectivity index (χ1v) is 9.38. The molecule has 0 unspecified atom stereocenters. The quantitative estimate of drug-likeness (QED) is 0.809. The zero-order valence-corrected chi connectivity index (χ0v) is 13.3. The van der Waals surface area contributed by atoms with Crippen LogP contribution >= 0.6 is 0 Å². The summed E-state index contributed by atoms with van der Waals surface area (Å²) in [6, 6.07) is -0.0734. The van der Waals surface area contributed by atoms with E-state index in [0.717, 1.165) is 51.4 Å². The Balaban J connectivity index is 2.01. The van der Waals surface area contributed by atoms with E-state index in [1.54, 1.807) is 11.4 Å². The van der Waals surface area contributed by atoms with Gasteiger partial charge in [0.25, 0.3) is 10.2 Å². The normalized spacial score (nSPS) is 30.6. The van der Waals surface area contributed by atoms with Gasteiger partial charge in [0.2, 0.25) is 0 Å². The molecule has 20 heavy (non-hydrogen) atoms. The molecule has 1 aliphatic heterocycles. The summed E-state index contributed by atoms with van der Waals surface area (Å²) in [7, 11) is -1.68. The maximum Gasteiger partial charge on any atom is 0.279 e. The highest BCUT2D eigenvalue weighted by atomic mass is 32.2. The van der Waals surface area contributed by atoms with E-state index < -0.39 is 10.2 Å². The van der Waals surface area contributed by atoms with Crippen molar-refractivity contribution >= 4 is 10.2 Å². The molecule has 0 aromatic heterocycles. The first-order valence-electron chi connectivity index (χ1n) is 7.93. The molecule has 1 heterocycles. The van der Waals surface area contributed by atoms with Crippen LogP contribution in [-0.4, -0.2) is 45.1 Å². The Kier molecular flexibility index (Phi) is 6.26. The molecule has 0 radical (unpaired) electrons. The molecule has 2 atom stereocenters. The fourth-order valence-electron chi connectivity index (χ4n) is 3.24. The lowest BCUT2D eigenvalue weighted by molar-refractivity contribution is 0.0696. The van der Waals surface area contributed by atoms with Gasteiger partial charge in [0.05, 0.1) is 6.10 Å². The zero-order valence-electron chi connectivity index (χ0n) is 12.5. The molecule has 118 valence electrons. The Labute approximate surface area is 123 Å². The van der Waals surface area contributed by atoms with Crippen molar-refractivity contribution in [1.29, 1.82) is 0 Å². The largest absolute Gasteiger partial charge is 0.380 e. The molecule has 1 saturated carbocycles. The van der Waals surface area contributed by atoms with Crippen LogP contribution in [0.15, 0.2) is 0 Å². The summed E-state index contributed by atoms with van der Waals surface area (Å²) < 4.78 is 35.1. The fraction of sp³-hybridized carbons (Fsp3) is 1.00. The molecule has 1 aliphatic carbocycles. The molecule has 2 aliphatic rings. The van der Waals surface area contributed by atoms with E-state index in [9.17, 15) is 8.42 Å². The molecule has 6 heteroatoms. The number of hydrogen-bond acceptors (Lipinski definition) is 3. The smallest absolute Gasteiger partial charge is 0.279 e. The second-order valence-corrected chi connectivity index (χ2v) is 7.66. The van der Waals surface area contributed by atoms with E-state index in [4.69, 9.17) is 4.74 Å². The minimum atomic E-state index is -3.36. The van der Waals surface area contributed by atoms with Crippen LogP contribution in [-0.2, 0) is 14.9 Å². The summed E-state index contributed by atoms with van der Waals surface area (Å²) in [5.74, 6) is 0.